The highest BCUT2D eigenvalue weighted by molar-refractivity contribution is 7.17. The number of anilines is 1. The molecule has 1 unspecified atom stereocenters. The first-order valence-corrected chi connectivity index (χ1v) is 13.9. The van der Waals surface area contributed by atoms with E-state index in [-0.39, 0.29) is 21.3 Å². The molecule has 1 saturated heterocycles. The van der Waals surface area contributed by atoms with E-state index in [4.69, 9.17) is 14.2 Å². The van der Waals surface area contributed by atoms with E-state index in [0.717, 1.165) is 16.9 Å². The lowest BCUT2D eigenvalue weighted by Gasteiger charge is -2.24. The van der Waals surface area contributed by atoms with Crippen molar-refractivity contribution < 1.29 is 33.7 Å². The minimum atomic E-state index is -1.09. The fraction of sp³-hybridized carbons (Fsp3) is 0.194. The van der Waals surface area contributed by atoms with Crippen LogP contribution in [0, 0.1) is 6.92 Å². The molecule has 1 fully saturated rings. The third kappa shape index (κ3) is 5.46. The summed E-state index contributed by atoms with van der Waals surface area (Å²) in [6.45, 7) is 4.07. The number of nitrogens with zero attached hydrogens (tertiary/aromatic N) is 3. The molecule has 0 saturated carbocycles. The molecule has 2 aromatic heterocycles. The van der Waals surface area contributed by atoms with Crippen LogP contribution >= 0.6 is 11.3 Å². The molecule has 1 amide bonds. The normalized spacial score (nSPS) is 16.0. The number of esters is 1. The van der Waals surface area contributed by atoms with E-state index < -0.39 is 23.7 Å². The Balaban J connectivity index is 1.64. The van der Waals surface area contributed by atoms with Crippen LogP contribution in [0.3, 0.4) is 0 Å². The molecule has 0 aliphatic carbocycles. The van der Waals surface area contributed by atoms with Crippen LogP contribution in [0.25, 0.3) is 5.76 Å². The van der Waals surface area contributed by atoms with Crippen LogP contribution in [-0.2, 0) is 20.9 Å². The number of rotatable bonds is 9. The van der Waals surface area contributed by atoms with Gasteiger partial charge in [0.05, 0.1) is 31.0 Å². The largest absolute Gasteiger partial charge is 0.507 e. The van der Waals surface area contributed by atoms with Gasteiger partial charge in [0.15, 0.2) is 16.6 Å². The van der Waals surface area contributed by atoms with Gasteiger partial charge in [-0.1, -0.05) is 47.7 Å². The van der Waals surface area contributed by atoms with Gasteiger partial charge < -0.3 is 19.3 Å². The Morgan fingerprint density at radius 2 is 1.76 bits per heavy atom. The van der Waals surface area contributed by atoms with Crippen LogP contribution in [0.2, 0.25) is 0 Å². The Labute approximate surface area is 245 Å². The average Bonchev–Trinajstić information content (AvgIpc) is 3.52. The van der Waals surface area contributed by atoms with Crippen LogP contribution < -0.4 is 14.4 Å². The molecule has 4 aromatic rings. The third-order valence-electron chi connectivity index (χ3n) is 6.58. The fourth-order valence-corrected chi connectivity index (χ4v) is 5.61. The second kappa shape index (κ2) is 12.2. The monoisotopic (exact) mass is 585 g/mol. The number of benzene rings is 2. The zero-order valence-corrected chi connectivity index (χ0v) is 23.9. The number of amides is 1. The topological polar surface area (TPSA) is 128 Å². The standard InChI is InChI=1S/C31H27N3O7S/c1-4-40-23-16-21(10-11-22(23)41-17-19-8-6-5-7-9-19)25-24(26(35)20-12-14-32-15-13-20)27(36)29(37)34(25)31-33-18(2)28(42-31)30(38)39-3/h5-16,25,35H,4,17H2,1-3H3/b26-24+. The lowest BCUT2D eigenvalue weighted by molar-refractivity contribution is -0.132. The van der Waals surface area contributed by atoms with Crippen LogP contribution in [-0.4, -0.2) is 46.5 Å². The summed E-state index contributed by atoms with van der Waals surface area (Å²) in [5.74, 6) is -1.92. The molecule has 214 valence electrons. The van der Waals surface area contributed by atoms with Gasteiger partial charge in [-0.05, 0) is 49.2 Å². The highest BCUT2D eigenvalue weighted by Crippen LogP contribution is 2.45. The third-order valence-corrected chi connectivity index (χ3v) is 7.72. The molecule has 0 bridgehead atoms. The number of ether oxygens (including phenoxy) is 3. The maximum atomic E-state index is 13.5. The number of aromatic nitrogens is 2. The summed E-state index contributed by atoms with van der Waals surface area (Å²) < 4.78 is 16.8. The lowest BCUT2D eigenvalue weighted by atomic mass is 9.95. The van der Waals surface area contributed by atoms with E-state index in [9.17, 15) is 19.5 Å². The molecule has 0 radical (unpaired) electrons. The van der Waals surface area contributed by atoms with E-state index >= 15 is 0 Å². The van der Waals surface area contributed by atoms with Gasteiger partial charge in [-0.2, -0.15) is 0 Å². The van der Waals surface area contributed by atoms with Gasteiger partial charge in [0.1, 0.15) is 17.2 Å². The van der Waals surface area contributed by atoms with Crippen molar-refractivity contribution in [3.8, 4) is 11.5 Å². The zero-order valence-electron chi connectivity index (χ0n) is 23.1. The van der Waals surface area contributed by atoms with Crippen molar-refractivity contribution in [2.75, 3.05) is 18.6 Å². The molecule has 0 spiro atoms. The minimum absolute atomic E-state index is 0.108. The molecule has 10 nitrogen and oxygen atoms in total. The van der Waals surface area contributed by atoms with Gasteiger partial charge in [0.2, 0.25) is 0 Å². The Bertz CT molecular complexity index is 1670. The number of carbonyl (C=O) groups is 3. The molecule has 1 aliphatic rings. The molecule has 1 N–H and O–H groups in total. The summed E-state index contributed by atoms with van der Waals surface area (Å²) in [6.07, 6.45) is 2.94. The molecule has 2 aromatic carbocycles. The number of Topliss-reactive ketones (excluding diaryl/α,β-unsaturated/α-hetero) is 1. The summed E-state index contributed by atoms with van der Waals surface area (Å²) in [5.41, 5.74) is 1.95. The number of hydrogen-bond acceptors (Lipinski definition) is 10. The molecule has 11 heteroatoms. The summed E-state index contributed by atoms with van der Waals surface area (Å²) in [4.78, 5) is 49.2. The molecular formula is C31H27N3O7S. The lowest BCUT2D eigenvalue weighted by Crippen LogP contribution is -2.29. The molecule has 1 aliphatic heterocycles. The van der Waals surface area contributed by atoms with E-state index in [0.29, 0.717) is 41.5 Å². The van der Waals surface area contributed by atoms with Crippen LogP contribution in [0.15, 0.2) is 78.6 Å². The fourth-order valence-electron chi connectivity index (χ4n) is 4.60. The molecule has 5 rings (SSSR count). The van der Waals surface area contributed by atoms with E-state index in [1.807, 2.05) is 37.3 Å². The highest BCUT2D eigenvalue weighted by atomic mass is 32.1. The maximum absolute atomic E-state index is 13.5. The Kier molecular flexibility index (Phi) is 8.30. The van der Waals surface area contributed by atoms with E-state index in [2.05, 4.69) is 9.97 Å². The van der Waals surface area contributed by atoms with Gasteiger partial charge >= 0.3 is 11.9 Å². The second-order valence-corrected chi connectivity index (χ2v) is 10.2. The highest BCUT2D eigenvalue weighted by Gasteiger charge is 2.48. The smallest absolute Gasteiger partial charge is 0.350 e. The number of methoxy groups -OCH3 is 1. The minimum Gasteiger partial charge on any atom is -0.507 e. The first-order valence-electron chi connectivity index (χ1n) is 13.0. The van der Waals surface area contributed by atoms with Crippen molar-refractivity contribution in [3.05, 3.63) is 106 Å². The van der Waals surface area contributed by atoms with Gasteiger partial charge in [-0.3, -0.25) is 19.5 Å². The molecule has 42 heavy (non-hydrogen) atoms. The van der Waals surface area contributed by atoms with Crippen molar-refractivity contribution in [3.63, 3.8) is 0 Å². The maximum Gasteiger partial charge on any atom is 0.350 e. The zero-order chi connectivity index (χ0) is 29.8. The van der Waals surface area contributed by atoms with Gasteiger partial charge in [-0.25, -0.2) is 9.78 Å². The molecular weight excluding hydrogens is 558 g/mol. The molecule has 1 atom stereocenters. The van der Waals surface area contributed by atoms with E-state index in [1.54, 1.807) is 25.1 Å². The summed E-state index contributed by atoms with van der Waals surface area (Å²) in [6, 6.07) is 16.7. The quantitative estimate of drug-likeness (QED) is 0.121. The van der Waals surface area contributed by atoms with Gasteiger partial charge in [0.25, 0.3) is 5.78 Å². The number of aliphatic hydroxyl groups excluding tert-OH is 1. The summed E-state index contributed by atoms with van der Waals surface area (Å²) in [5, 5.41) is 11.4. The predicted molar refractivity (Wildman–Crippen MR) is 156 cm³/mol. The number of aryl methyl sites for hydroxylation is 1. The molecule has 3 heterocycles. The number of aliphatic hydroxyl groups is 1. The number of pyridine rings is 1. The van der Waals surface area contributed by atoms with Crippen LogP contribution in [0.5, 0.6) is 11.5 Å². The van der Waals surface area contributed by atoms with Crippen LogP contribution in [0.1, 0.15) is 45.0 Å². The average molecular weight is 586 g/mol. The number of carbonyl (C=O) groups excluding carboxylic acids is 3. The number of thiazole rings is 1. The first kappa shape index (κ1) is 28.5. The van der Waals surface area contributed by atoms with Gasteiger partial charge in [0, 0.05) is 18.0 Å². The van der Waals surface area contributed by atoms with Crippen molar-refractivity contribution in [2.24, 2.45) is 0 Å². The Hall–Kier alpha value is -5.03. The SMILES string of the molecule is CCOc1cc(C2/C(=C(\O)c3ccncc3)C(=O)C(=O)N2c2nc(C)c(C(=O)OC)s2)ccc1OCc1ccccc1. The summed E-state index contributed by atoms with van der Waals surface area (Å²) in [7, 11) is 1.25. The van der Waals surface area contributed by atoms with Crippen molar-refractivity contribution >= 4 is 39.9 Å². The van der Waals surface area contributed by atoms with Crippen LogP contribution in [0.4, 0.5) is 5.13 Å². The predicted octanol–water partition coefficient (Wildman–Crippen LogP) is 5.24. The van der Waals surface area contributed by atoms with Crippen molar-refractivity contribution in [1.29, 1.82) is 0 Å². The second-order valence-electron chi connectivity index (χ2n) is 9.22. The first-order chi connectivity index (χ1) is 20.3. The summed E-state index contributed by atoms with van der Waals surface area (Å²) >= 11 is 0.924. The Morgan fingerprint density at radius 1 is 1.02 bits per heavy atom. The van der Waals surface area contributed by atoms with Crippen molar-refractivity contribution in [2.45, 2.75) is 26.5 Å². The van der Waals surface area contributed by atoms with Gasteiger partial charge in [-0.15, -0.1) is 0 Å². The van der Waals surface area contributed by atoms with Crippen molar-refractivity contribution in [1.82, 2.24) is 9.97 Å². The number of ketones is 1. The van der Waals surface area contributed by atoms with E-state index in [1.165, 1.54) is 36.5 Å². The number of hydrogen-bond donors (Lipinski definition) is 1. The Morgan fingerprint density at radius 3 is 2.45 bits per heavy atom.